The number of benzene rings is 2. The van der Waals surface area contributed by atoms with Crippen LogP contribution >= 0.6 is 23.1 Å². The third-order valence-electron chi connectivity index (χ3n) is 4.74. The lowest BCUT2D eigenvalue weighted by Crippen LogP contribution is -2.16. The predicted molar refractivity (Wildman–Crippen MR) is 125 cm³/mol. The minimum absolute atomic E-state index is 0.0615. The van der Waals surface area contributed by atoms with Crippen LogP contribution in [-0.4, -0.2) is 26.4 Å². The molecule has 4 rings (SSSR count). The van der Waals surface area contributed by atoms with Crippen molar-refractivity contribution >= 4 is 34.7 Å². The second kappa shape index (κ2) is 8.85. The number of rotatable bonds is 6. The highest BCUT2D eigenvalue weighted by molar-refractivity contribution is 7.99. The van der Waals surface area contributed by atoms with E-state index in [4.69, 9.17) is 0 Å². The molecule has 7 heteroatoms. The molecule has 0 aliphatic heterocycles. The molecular weight excluding hydrogens is 412 g/mol. The molecule has 0 fully saturated rings. The van der Waals surface area contributed by atoms with Crippen molar-refractivity contribution in [3.63, 3.8) is 0 Å². The van der Waals surface area contributed by atoms with Gasteiger partial charge in [0.1, 0.15) is 0 Å². The number of aromatic nitrogens is 3. The maximum absolute atomic E-state index is 12.6. The van der Waals surface area contributed by atoms with Gasteiger partial charge in [-0.2, -0.15) is 0 Å². The van der Waals surface area contributed by atoms with Crippen molar-refractivity contribution in [3.8, 4) is 16.4 Å². The minimum Gasteiger partial charge on any atom is -0.325 e. The molecule has 2 aromatic heterocycles. The van der Waals surface area contributed by atoms with Gasteiger partial charge in [-0.1, -0.05) is 53.7 Å². The van der Waals surface area contributed by atoms with E-state index in [9.17, 15) is 4.79 Å². The second-order valence-corrected chi connectivity index (χ2v) is 8.95. The molecule has 0 bridgehead atoms. The number of amides is 1. The summed E-state index contributed by atoms with van der Waals surface area (Å²) in [5.74, 6) is 0.974. The number of carbonyl (C=O) groups is 1. The Bertz CT molecular complexity index is 1140. The molecule has 1 N–H and O–H groups in total. The number of aryl methyl sites for hydroxylation is 3. The first-order chi connectivity index (χ1) is 14.5. The van der Waals surface area contributed by atoms with E-state index >= 15 is 0 Å². The Hall–Kier alpha value is -2.90. The molecule has 152 valence electrons. The van der Waals surface area contributed by atoms with E-state index in [2.05, 4.69) is 46.7 Å². The van der Waals surface area contributed by atoms with Gasteiger partial charge in [0.25, 0.3) is 0 Å². The minimum atomic E-state index is -0.0615. The van der Waals surface area contributed by atoms with Crippen LogP contribution in [-0.2, 0) is 4.79 Å². The summed E-state index contributed by atoms with van der Waals surface area (Å²) in [5, 5.41) is 14.6. The lowest BCUT2D eigenvalue weighted by atomic mass is 10.1. The molecule has 2 aromatic carbocycles. The van der Waals surface area contributed by atoms with Gasteiger partial charge in [-0.15, -0.1) is 21.5 Å². The van der Waals surface area contributed by atoms with E-state index in [0.717, 1.165) is 33.2 Å². The largest absolute Gasteiger partial charge is 0.325 e. The molecule has 0 saturated carbocycles. The van der Waals surface area contributed by atoms with E-state index < -0.39 is 0 Å². The summed E-state index contributed by atoms with van der Waals surface area (Å²) in [4.78, 5) is 13.7. The Kier molecular flexibility index (Phi) is 6.01. The first-order valence-corrected chi connectivity index (χ1v) is 11.4. The quantitative estimate of drug-likeness (QED) is 0.398. The number of carbonyl (C=O) groups excluding carboxylic acids is 1. The molecule has 0 aliphatic rings. The van der Waals surface area contributed by atoms with Crippen LogP contribution in [0.25, 0.3) is 16.4 Å². The van der Waals surface area contributed by atoms with Gasteiger partial charge >= 0.3 is 0 Å². The van der Waals surface area contributed by atoms with Crippen molar-refractivity contribution in [2.75, 3.05) is 11.1 Å². The molecule has 0 saturated heterocycles. The topological polar surface area (TPSA) is 59.8 Å². The van der Waals surface area contributed by atoms with Gasteiger partial charge in [-0.3, -0.25) is 9.36 Å². The molecular formula is C23H22N4OS2. The number of thiophene rings is 1. The van der Waals surface area contributed by atoms with Crippen LogP contribution in [0.15, 0.2) is 65.1 Å². The number of anilines is 1. The normalized spacial score (nSPS) is 10.9. The fourth-order valence-corrected chi connectivity index (χ4v) is 4.62. The van der Waals surface area contributed by atoms with Gasteiger partial charge in [0.05, 0.1) is 10.6 Å². The molecule has 0 atom stereocenters. The van der Waals surface area contributed by atoms with Gasteiger partial charge in [0, 0.05) is 11.4 Å². The van der Waals surface area contributed by atoms with Crippen LogP contribution in [0.2, 0.25) is 0 Å². The number of nitrogens with zero attached hydrogens (tertiary/aromatic N) is 3. The van der Waals surface area contributed by atoms with Crippen molar-refractivity contribution in [1.29, 1.82) is 0 Å². The lowest BCUT2D eigenvalue weighted by Gasteiger charge is -2.12. The van der Waals surface area contributed by atoms with Gasteiger partial charge in [-0.05, 0) is 55.5 Å². The van der Waals surface area contributed by atoms with Gasteiger partial charge < -0.3 is 5.32 Å². The van der Waals surface area contributed by atoms with Gasteiger partial charge in [0.2, 0.25) is 5.91 Å². The van der Waals surface area contributed by atoms with Gasteiger partial charge in [-0.25, -0.2) is 0 Å². The molecule has 5 nitrogen and oxygen atoms in total. The Morgan fingerprint density at radius 3 is 2.40 bits per heavy atom. The molecule has 0 aliphatic carbocycles. The third-order valence-corrected chi connectivity index (χ3v) is 6.54. The Balaban J connectivity index is 1.58. The monoisotopic (exact) mass is 434 g/mol. The predicted octanol–water partition coefficient (Wildman–Crippen LogP) is 5.65. The maximum atomic E-state index is 12.6. The average Bonchev–Trinajstić information content (AvgIpc) is 3.39. The van der Waals surface area contributed by atoms with Crippen molar-refractivity contribution in [2.24, 2.45) is 0 Å². The summed E-state index contributed by atoms with van der Waals surface area (Å²) in [6.45, 7) is 6.05. The van der Waals surface area contributed by atoms with E-state index in [1.54, 1.807) is 11.3 Å². The summed E-state index contributed by atoms with van der Waals surface area (Å²) in [6, 6.07) is 18.2. The molecule has 30 heavy (non-hydrogen) atoms. The van der Waals surface area contributed by atoms with Crippen LogP contribution in [0.4, 0.5) is 5.69 Å². The third kappa shape index (κ3) is 4.32. The smallest absolute Gasteiger partial charge is 0.234 e. The number of nitrogens with one attached hydrogen (secondary N) is 1. The van der Waals surface area contributed by atoms with E-state index in [1.165, 1.54) is 17.3 Å². The van der Waals surface area contributed by atoms with E-state index in [-0.39, 0.29) is 11.7 Å². The van der Waals surface area contributed by atoms with Crippen molar-refractivity contribution in [3.05, 3.63) is 76.7 Å². The van der Waals surface area contributed by atoms with Crippen LogP contribution < -0.4 is 5.32 Å². The Labute approximate surface area is 184 Å². The first kappa shape index (κ1) is 20.4. The van der Waals surface area contributed by atoms with Crippen molar-refractivity contribution in [2.45, 2.75) is 25.9 Å². The highest BCUT2D eigenvalue weighted by Gasteiger charge is 2.18. The second-order valence-electron chi connectivity index (χ2n) is 7.06. The van der Waals surface area contributed by atoms with E-state index in [0.29, 0.717) is 5.16 Å². The molecule has 0 radical (unpaired) electrons. The maximum Gasteiger partial charge on any atom is 0.234 e. The highest BCUT2D eigenvalue weighted by Crippen LogP contribution is 2.30. The zero-order valence-electron chi connectivity index (χ0n) is 17.0. The summed E-state index contributed by atoms with van der Waals surface area (Å²) in [5.41, 5.74) is 5.15. The number of para-hydroxylation sites is 1. The number of hydrogen-bond donors (Lipinski definition) is 1. The van der Waals surface area contributed by atoms with Gasteiger partial charge in [0.15, 0.2) is 11.0 Å². The lowest BCUT2D eigenvalue weighted by molar-refractivity contribution is -0.113. The summed E-state index contributed by atoms with van der Waals surface area (Å²) < 4.78 is 2.02. The van der Waals surface area contributed by atoms with Crippen molar-refractivity contribution in [1.82, 2.24) is 14.8 Å². The van der Waals surface area contributed by atoms with Crippen LogP contribution in [0.1, 0.15) is 16.7 Å². The standard InChI is InChI=1S/C23H22N4OS2/c1-15-9-11-18(12-10-15)27-22(19-8-5-13-29-19)25-26-23(27)30-14-20(28)24-21-16(2)6-4-7-17(21)3/h4-13H,14H2,1-3H3,(H,24,28). The first-order valence-electron chi connectivity index (χ1n) is 9.58. The average molecular weight is 435 g/mol. The Morgan fingerprint density at radius 1 is 1.00 bits per heavy atom. The molecule has 2 heterocycles. The zero-order chi connectivity index (χ0) is 21.1. The molecule has 0 spiro atoms. The Morgan fingerprint density at radius 2 is 1.73 bits per heavy atom. The molecule has 0 unspecified atom stereocenters. The van der Waals surface area contributed by atoms with Crippen LogP contribution in [0, 0.1) is 20.8 Å². The summed E-state index contributed by atoms with van der Waals surface area (Å²) in [7, 11) is 0. The fraction of sp³-hybridized carbons (Fsp3) is 0.174. The summed E-state index contributed by atoms with van der Waals surface area (Å²) in [6.07, 6.45) is 0. The fourth-order valence-electron chi connectivity index (χ4n) is 3.17. The van der Waals surface area contributed by atoms with E-state index in [1.807, 2.05) is 54.1 Å². The number of thioether (sulfide) groups is 1. The van der Waals surface area contributed by atoms with Crippen LogP contribution in [0.3, 0.4) is 0 Å². The van der Waals surface area contributed by atoms with Crippen LogP contribution in [0.5, 0.6) is 0 Å². The molecule has 4 aromatic rings. The summed E-state index contributed by atoms with van der Waals surface area (Å²) >= 11 is 3.00. The van der Waals surface area contributed by atoms with Crippen molar-refractivity contribution < 1.29 is 4.79 Å². The SMILES string of the molecule is Cc1ccc(-n2c(SCC(=O)Nc3c(C)cccc3C)nnc2-c2cccs2)cc1. The number of hydrogen-bond acceptors (Lipinski definition) is 5. The zero-order valence-corrected chi connectivity index (χ0v) is 18.7. The highest BCUT2D eigenvalue weighted by atomic mass is 32.2. The molecule has 1 amide bonds.